The highest BCUT2D eigenvalue weighted by molar-refractivity contribution is 5.82. The Kier molecular flexibility index (Phi) is 16.3. The molecule has 0 bridgehead atoms. The van der Waals surface area contributed by atoms with E-state index in [0.717, 1.165) is 38.5 Å². The molecule has 0 aliphatic rings. The van der Waals surface area contributed by atoms with E-state index < -0.39 is 25.0 Å². The van der Waals surface area contributed by atoms with E-state index >= 15 is 0 Å². The zero-order chi connectivity index (χ0) is 24.5. The molecule has 0 aromatic heterocycles. The number of carboxylic acids is 2. The number of carbonyl (C=O) groups excluding carboxylic acids is 2. The van der Waals surface area contributed by atoms with Gasteiger partial charge in [0.05, 0.1) is 0 Å². The lowest BCUT2D eigenvalue weighted by molar-refractivity contribution is -0.147. The Morgan fingerprint density at radius 2 is 0.938 bits per heavy atom. The van der Waals surface area contributed by atoms with E-state index in [-0.39, 0.29) is 37.7 Å². The molecule has 0 aromatic carbocycles. The first-order valence-corrected chi connectivity index (χ1v) is 12.0. The van der Waals surface area contributed by atoms with Gasteiger partial charge in [-0.25, -0.2) is 0 Å². The van der Waals surface area contributed by atoms with Crippen molar-refractivity contribution in [3.63, 3.8) is 0 Å². The first-order valence-electron chi connectivity index (χ1n) is 12.0. The maximum Gasteiger partial charge on any atom is 0.323 e. The fourth-order valence-electron chi connectivity index (χ4n) is 3.48. The molecular weight excluding hydrogens is 412 g/mol. The zero-order valence-corrected chi connectivity index (χ0v) is 20.5. The number of hydrogen-bond donors (Lipinski definition) is 2. The minimum absolute atomic E-state index is 0.0174. The maximum atomic E-state index is 12.5. The second kappa shape index (κ2) is 17.4. The van der Waals surface area contributed by atoms with Crippen LogP contribution in [-0.4, -0.2) is 69.9 Å². The number of hydrogen-bond acceptors (Lipinski definition) is 4. The van der Waals surface area contributed by atoms with Gasteiger partial charge in [-0.2, -0.15) is 0 Å². The van der Waals surface area contributed by atoms with Gasteiger partial charge in [0, 0.05) is 25.9 Å². The summed E-state index contributed by atoms with van der Waals surface area (Å²) in [6.45, 7) is 7.73. The van der Waals surface area contributed by atoms with Crippen LogP contribution >= 0.6 is 0 Å². The van der Waals surface area contributed by atoms with Crippen molar-refractivity contribution in [2.24, 2.45) is 11.8 Å². The average Bonchev–Trinajstić information content (AvgIpc) is 2.68. The third-order valence-corrected chi connectivity index (χ3v) is 5.34. The first-order chi connectivity index (χ1) is 15.0. The zero-order valence-electron chi connectivity index (χ0n) is 20.5. The van der Waals surface area contributed by atoms with Crippen LogP contribution in [0.3, 0.4) is 0 Å². The average molecular weight is 457 g/mol. The van der Waals surface area contributed by atoms with Crippen LogP contribution < -0.4 is 0 Å². The molecule has 0 spiro atoms. The standard InChI is InChI=1S/C24H44N2O6/c1-19(2)11-7-5-9-13-21(27)25(17-23(29)30)15-16-26(18-24(31)32)22(28)14-10-6-8-12-20(3)4/h19-20H,5-18H2,1-4H3,(H,29,30)(H,31,32). The summed E-state index contributed by atoms with van der Waals surface area (Å²) in [6.07, 6.45) is 7.96. The molecule has 0 fully saturated rings. The SMILES string of the molecule is CC(C)CCCCCC(=O)N(CCN(CC(=O)O)C(=O)CCCCCC(C)C)CC(=O)O. The van der Waals surface area contributed by atoms with E-state index in [4.69, 9.17) is 10.2 Å². The highest BCUT2D eigenvalue weighted by Crippen LogP contribution is 2.12. The van der Waals surface area contributed by atoms with Gasteiger partial charge in [0.1, 0.15) is 13.1 Å². The summed E-state index contributed by atoms with van der Waals surface area (Å²) in [5, 5.41) is 18.3. The van der Waals surface area contributed by atoms with E-state index in [2.05, 4.69) is 27.7 Å². The van der Waals surface area contributed by atoms with Gasteiger partial charge in [-0.15, -0.1) is 0 Å². The van der Waals surface area contributed by atoms with Crippen LogP contribution in [0.1, 0.15) is 91.9 Å². The van der Waals surface area contributed by atoms with Crippen molar-refractivity contribution >= 4 is 23.8 Å². The third-order valence-electron chi connectivity index (χ3n) is 5.34. The Balaban J connectivity index is 4.70. The summed E-state index contributed by atoms with van der Waals surface area (Å²) >= 11 is 0. The molecule has 0 saturated heterocycles. The molecule has 0 aromatic rings. The van der Waals surface area contributed by atoms with Gasteiger partial charge >= 0.3 is 11.9 Å². The summed E-state index contributed by atoms with van der Waals surface area (Å²) in [5.41, 5.74) is 0. The molecular formula is C24H44N2O6. The third kappa shape index (κ3) is 16.6. The summed E-state index contributed by atoms with van der Waals surface area (Å²) in [6, 6.07) is 0. The van der Waals surface area contributed by atoms with Crippen molar-refractivity contribution < 1.29 is 29.4 Å². The molecule has 0 heterocycles. The second-order valence-corrected chi connectivity index (χ2v) is 9.40. The van der Waals surface area contributed by atoms with Crippen LogP contribution in [0, 0.1) is 11.8 Å². The van der Waals surface area contributed by atoms with Crippen LogP contribution in [0.25, 0.3) is 0 Å². The van der Waals surface area contributed by atoms with E-state index in [0.29, 0.717) is 24.7 Å². The summed E-state index contributed by atoms with van der Waals surface area (Å²) in [7, 11) is 0. The Morgan fingerprint density at radius 1 is 0.594 bits per heavy atom. The topological polar surface area (TPSA) is 115 Å². The number of carboxylic acid groups (broad SMARTS) is 2. The Labute approximate surface area is 193 Å². The second-order valence-electron chi connectivity index (χ2n) is 9.40. The molecule has 8 heteroatoms. The molecule has 2 N–H and O–H groups in total. The number of aliphatic carboxylic acids is 2. The minimum atomic E-state index is -1.13. The van der Waals surface area contributed by atoms with E-state index in [9.17, 15) is 19.2 Å². The van der Waals surface area contributed by atoms with Crippen molar-refractivity contribution in [2.45, 2.75) is 91.9 Å². The van der Waals surface area contributed by atoms with Crippen molar-refractivity contribution in [1.82, 2.24) is 9.80 Å². The molecule has 0 atom stereocenters. The number of nitrogens with zero attached hydrogens (tertiary/aromatic N) is 2. The van der Waals surface area contributed by atoms with Gasteiger partial charge in [0.25, 0.3) is 0 Å². The van der Waals surface area contributed by atoms with Crippen molar-refractivity contribution in [1.29, 1.82) is 0 Å². The molecule has 8 nitrogen and oxygen atoms in total. The van der Waals surface area contributed by atoms with Gasteiger partial charge < -0.3 is 20.0 Å². The van der Waals surface area contributed by atoms with Gasteiger partial charge in [0.15, 0.2) is 0 Å². The Morgan fingerprint density at radius 3 is 1.22 bits per heavy atom. The molecule has 32 heavy (non-hydrogen) atoms. The highest BCUT2D eigenvalue weighted by atomic mass is 16.4. The van der Waals surface area contributed by atoms with Crippen LogP contribution in [0.15, 0.2) is 0 Å². The van der Waals surface area contributed by atoms with Crippen LogP contribution in [0.4, 0.5) is 0 Å². The smallest absolute Gasteiger partial charge is 0.323 e. The normalized spacial score (nSPS) is 11.1. The molecule has 0 unspecified atom stereocenters. The summed E-state index contributed by atoms with van der Waals surface area (Å²) in [5.74, 6) is -1.56. The molecule has 0 radical (unpaired) electrons. The van der Waals surface area contributed by atoms with Crippen molar-refractivity contribution in [3.05, 3.63) is 0 Å². The molecule has 0 aliphatic heterocycles. The molecule has 0 aliphatic carbocycles. The fraction of sp³-hybridized carbons (Fsp3) is 0.833. The van der Waals surface area contributed by atoms with Gasteiger partial charge in [-0.1, -0.05) is 66.2 Å². The summed E-state index contributed by atoms with van der Waals surface area (Å²) in [4.78, 5) is 49.9. The number of unbranched alkanes of at least 4 members (excludes halogenated alkanes) is 4. The Bertz CT molecular complexity index is 527. The summed E-state index contributed by atoms with van der Waals surface area (Å²) < 4.78 is 0. The molecule has 0 rings (SSSR count). The minimum Gasteiger partial charge on any atom is -0.480 e. The molecule has 186 valence electrons. The fourth-order valence-corrected chi connectivity index (χ4v) is 3.48. The lowest BCUT2D eigenvalue weighted by atomic mass is 10.0. The monoisotopic (exact) mass is 456 g/mol. The van der Waals surface area contributed by atoms with Crippen molar-refractivity contribution in [3.8, 4) is 0 Å². The predicted octanol–water partition coefficient (Wildman–Crippen LogP) is 4.03. The van der Waals surface area contributed by atoms with Crippen LogP contribution in [-0.2, 0) is 19.2 Å². The largest absolute Gasteiger partial charge is 0.480 e. The molecule has 0 saturated carbocycles. The van der Waals surface area contributed by atoms with E-state index in [1.807, 2.05) is 0 Å². The lowest BCUT2D eigenvalue weighted by Gasteiger charge is -2.26. The number of carbonyl (C=O) groups is 4. The van der Waals surface area contributed by atoms with Gasteiger partial charge in [0.2, 0.25) is 11.8 Å². The first kappa shape index (κ1) is 29.9. The van der Waals surface area contributed by atoms with E-state index in [1.54, 1.807) is 0 Å². The van der Waals surface area contributed by atoms with Crippen molar-refractivity contribution in [2.75, 3.05) is 26.2 Å². The number of rotatable bonds is 19. The molecule has 2 amide bonds. The highest BCUT2D eigenvalue weighted by Gasteiger charge is 2.21. The lowest BCUT2D eigenvalue weighted by Crippen LogP contribution is -2.44. The van der Waals surface area contributed by atoms with Crippen LogP contribution in [0.2, 0.25) is 0 Å². The predicted molar refractivity (Wildman–Crippen MR) is 124 cm³/mol. The maximum absolute atomic E-state index is 12.5. The van der Waals surface area contributed by atoms with E-state index in [1.165, 1.54) is 9.80 Å². The quantitative estimate of drug-likeness (QED) is 0.284. The number of amides is 2. The van der Waals surface area contributed by atoms with Crippen LogP contribution in [0.5, 0.6) is 0 Å². The van der Waals surface area contributed by atoms with Gasteiger partial charge in [-0.3, -0.25) is 19.2 Å². The Hall–Kier alpha value is -2.12. The van der Waals surface area contributed by atoms with Gasteiger partial charge in [-0.05, 0) is 24.7 Å².